The lowest BCUT2D eigenvalue weighted by Crippen LogP contribution is -2.19. The summed E-state index contributed by atoms with van der Waals surface area (Å²) in [5.74, 6) is -1.05. The van der Waals surface area contributed by atoms with Gasteiger partial charge in [0.1, 0.15) is 0 Å². The van der Waals surface area contributed by atoms with Gasteiger partial charge in [-0.2, -0.15) is 0 Å². The van der Waals surface area contributed by atoms with Crippen LogP contribution in [0.5, 0.6) is 0 Å². The zero-order chi connectivity index (χ0) is 16.1. The lowest BCUT2D eigenvalue weighted by Gasteiger charge is -2.12. The number of carbonyl (C=O) groups excluding carboxylic acids is 2. The van der Waals surface area contributed by atoms with Gasteiger partial charge in [-0.15, -0.1) is 0 Å². The maximum atomic E-state index is 12.0. The summed E-state index contributed by atoms with van der Waals surface area (Å²) in [6.07, 6.45) is -1.10. The molecule has 0 aliphatic carbocycles. The first kappa shape index (κ1) is 16.0. The van der Waals surface area contributed by atoms with Crippen LogP contribution in [-0.2, 0) is 4.79 Å². The molecule has 0 aliphatic rings. The van der Waals surface area contributed by atoms with E-state index in [9.17, 15) is 14.7 Å². The summed E-state index contributed by atoms with van der Waals surface area (Å²) in [7, 11) is 0. The Bertz CT molecular complexity index is 686. The van der Waals surface area contributed by atoms with Crippen molar-refractivity contribution in [1.82, 2.24) is 0 Å². The minimum Gasteiger partial charge on any atom is -0.388 e. The number of hydrogen-bond acceptors (Lipinski definition) is 3. The van der Waals surface area contributed by atoms with Gasteiger partial charge in [0, 0.05) is 5.02 Å². The fourth-order valence-electron chi connectivity index (χ4n) is 1.99. The van der Waals surface area contributed by atoms with Crippen LogP contribution in [0.15, 0.2) is 48.5 Å². The van der Waals surface area contributed by atoms with Crippen LogP contribution >= 0.6 is 11.6 Å². The highest BCUT2D eigenvalue weighted by molar-refractivity contribution is 6.30. The first-order valence-corrected chi connectivity index (χ1v) is 6.97. The van der Waals surface area contributed by atoms with E-state index in [0.29, 0.717) is 16.3 Å². The molecular formula is C16H15ClN2O3. The largest absolute Gasteiger partial charge is 0.388 e. The van der Waals surface area contributed by atoms with Gasteiger partial charge in [0.2, 0.25) is 5.91 Å². The first-order valence-electron chi connectivity index (χ1n) is 6.59. The molecule has 2 aromatic carbocycles. The Balaban J connectivity index is 2.04. The van der Waals surface area contributed by atoms with Gasteiger partial charge in [-0.3, -0.25) is 9.59 Å². The zero-order valence-electron chi connectivity index (χ0n) is 11.6. The van der Waals surface area contributed by atoms with Crippen molar-refractivity contribution in [2.75, 3.05) is 5.32 Å². The third kappa shape index (κ3) is 4.07. The van der Waals surface area contributed by atoms with E-state index in [4.69, 9.17) is 17.3 Å². The molecule has 0 bridgehead atoms. The maximum Gasteiger partial charge on any atom is 0.250 e. The molecule has 22 heavy (non-hydrogen) atoms. The van der Waals surface area contributed by atoms with Gasteiger partial charge in [-0.1, -0.05) is 35.9 Å². The second kappa shape index (κ2) is 7.06. The lowest BCUT2D eigenvalue weighted by atomic mass is 10.1. The SMILES string of the molecule is NC(=O)c1ccccc1NC(=O)CC(O)c1ccc(Cl)cc1. The van der Waals surface area contributed by atoms with Gasteiger partial charge >= 0.3 is 0 Å². The second-order valence-electron chi connectivity index (χ2n) is 4.73. The van der Waals surface area contributed by atoms with E-state index < -0.39 is 17.9 Å². The number of halogens is 1. The molecule has 0 heterocycles. The molecule has 2 amide bonds. The average molecular weight is 319 g/mol. The Morgan fingerprint density at radius 3 is 2.41 bits per heavy atom. The van der Waals surface area contributed by atoms with Gasteiger partial charge in [-0.25, -0.2) is 0 Å². The fraction of sp³-hybridized carbons (Fsp3) is 0.125. The third-order valence-electron chi connectivity index (χ3n) is 3.10. The number of hydrogen-bond donors (Lipinski definition) is 3. The molecule has 0 spiro atoms. The normalized spacial score (nSPS) is 11.7. The van der Waals surface area contributed by atoms with Crippen LogP contribution in [0.4, 0.5) is 5.69 Å². The monoisotopic (exact) mass is 318 g/mol. The number of amides is 2. The molecule has 6 heteroatoms. The van der Waals surface area contributed by atoms with E-state index in [0.717, 1.165) is 0 Å². The summed E-state index contributed by atoms with van der Waals surface area (Å²) in [5, 5.41) is 13.2. The van der Waals surface area contributed by atoms with E-state index in [1.165, 1.54) is 6.07 Å². The van der Waals surface area contributed by atoms with E-state index in [2.05, 4.69) is 5.32 Å². The number of anilines is 1. The molecule has 0 saturated heterocycles. The molecule has 4 N–H and O–H groups in total. The number of benzene rings is 2. The number of carbonyl (C=O) groups is 2. The number of primary amides is 1. The molecule has 114 valence electrons. The molecule has 0 aliphatic heterocycles. The summed E-state index contributed by atoms with van der Waals surface area (Å²) in [4.78, 5) is 23.3. The molecule has 0 saturated carbocycles. The summed E-state index contributed by atoms with van der Waals surface area (Å²) >= 11 is 5.77. The summed E-state index contributed by atoms with van der Waals surface area (Å²) < 4.78 is 0. The summed E-state index contributed by atoms with van der Waals surface area (Å²) in [6, 6.07) is 13.0. The van der Waals surface area contributed by atoms with Gasteiger partial charge in [0.15, 0.2) is 0 Å². The standard InChI is InChI=1S/C16H15ClN2O3/c17-11-7-5-10(6-8-11)14(20)9-15(21)19-13-4-2-1-3-12(13)16(18)22/h1-8,14,20H,9H2,(H2,18,22)(H,19,21). The Morgan fingerprint density at radius 1 is 1.14 bits per heavy atom. The number of aliphatic hydroxyl groups is 1. The third-order valence-corrected chi connectivity index (χ3v) is 3.35. The van der Waals surface area contributed by atoms with Crippen molar-refractivity contribution in [3.05, 3.63) is 64.7 Å². The van der Waals surface area contributed by atoms with E-state index in [1.54, 1.807) is 42.5 Å². The Labute approximate surface area is 132 Å². The predicted octanol–water partition coefficient (Wildman–Crippen LogP) is 2.50. The van der Waals surface area contributed by atoms with Crippen LogP contribution in [0, 0.1) is 0 Å². The quantitative estimate of drug-likeness (QED) is 0.790. The highest BCUT2D eigenvalue weighted by atomic mass is 35.5. The minimum absolute atomic E-state index is 0.144. The second-order valence-corrected chi connectivity index (χ2v) is 5.17. The molecule has 0 fully saturated rings. The van der Waals surface area contributed by atoms with Gasteiger partial charge in [-0.05, 0) is 29.8 Å². The van der Waals surface area contributed by atoms with Gasteiger partial charge < -0.3 is 16.2 Å². The molecule has 2 rings (SSSR count). The van der Waals surface area contributed by atoms with Crippen molar-refractivity contribution in [1.29, 1.82) is 0 Å². The van der Waals surface area contributed by atoms with Crippen molar-refractivity contribution in [3.8, 4) is 0 Å². The number of rotatable bonds is 5. The summed E-state index contributed by atoms with van der Waals surface area (Å²) in [5.41, 5.74) is 6.37. The van der Waals surface area contributed by atoms with Crippen LogP contribution in [-0.4, -0.2) is 16.9 Å². The predicted molar refractivity (Wildman–Crippen MR) is 84.6 cm³/mol. The van der Waals surface area contributed by atoms with Crippen LogP contribution in [0.1, 0.15) is 28.4 Å². The van der Waals surface area contributed by atoms with Crippen LogP contribution < -0.4 is 11.1 Å². The highest BCUT2D eigenvalue weighted by Crippen LogP contribution is 2.21. The Morgan fingerprint density at radius 2 is 1.77 bits per heavy atom. The highest BCUT2D eigenvalue weighted by Gasteiger charge is 2.15. The van der Waals surface area contributed by atoms with Gasteiger partial charge in [0.05, 0.1) is 23.8 Å². The van der Waals surface area contributed by atoms with Crippen LogP contribution in [0.2, 0.25) is 5.02 Å². The number of aliphatic hydroxyl groups excluding tert-OH is 1. The molecule has 1 unspecified atom stereocenters. The average Bonchev–Trinajstić information content (AvgIpc) is 2.48. The van der Waals surface area contributed by atoms with Crippen LogP contribution in [0.3, 0.4) is 0 Å². The number of para-hydroxylation sites is 1. The molecule has 0 radical (unpaired) electrons. The van der Waals surface area contributed by atoms with E-state index in [1.807, 2.05) is 0 Å². The molecular weight excluding hydrogens is 304 g/mol. The molecule has 1 atom stereocenters. The number of nitrogens with one attached hydrogen (secondary N) is 1. The fourth-order valence-corrected chi connectivity index (χ4v) is 2.11. The lowest BCUT2D eigenvalue weighted by molar-refractivity contribution is -0.118. The maximum absolute atomic E-state index is 12.0. The van der Waals surface area contributed by atoms with Gasteiger partial charge in [0.25, 0.3) is 5.91 Å². The first-order chi connectivity index (χ1) is 10.5. The minimum atomic E-state index is -0.960. The van der Waals surface area contributed by atoms with Crippen molar-refractivity contribution < 1.29 is 14.7 Å². The van der Waals surface area contributed by atoms with Crippen molar-refractivity contribution >= 4 is 29.1 Å². The zero-order valence-corrected chi connectivity index (χ0v) is 12.4. The Kier molecular flexibility index (Phi) is 5.14. The van der Waals surface area contributed by atoms with Crippen molar-refractivity contribution in [3.63, 3.8) is 0 Å². The van der Waals surface area contributed by atoms with Crippen molar-refractivity contribution in [2.45, 2.75) is 12.5 Å². The van der Waals surface area contributed by atoms with E-state index in [-0.39, 0.29) is 12.0 Å². The van der Waals surface area contributed by atoms with Crippen molar-refractivity contribution in [2.24, 2.45) is 5.73 Å². The summed E-state index contributed by atoms with van der Waals surface area (Å²) in [6.45, 7) is 0. The van der Waals surface area contributed by atoms with Crippen LogP contribution in [0.25, 0.3) is 0 Å². The smallest absolute Gasteiger partial charge is 0.250 e. The molecule has 5 nitrogen and oxygen atoms in total. The molecule has 2 aromatic rings. The molecule has 0 aromatic heterocycles. The topological polar surface area (TPSA) is 92.4 Å². The van der Waals surface area contributed by atoms with E-state index >= 15 is 0 Å². The Hall–Kier alpha value is -2.37. The number of nitrogens with two attached hydrogens (primary N) is 1.